The van der Waals surface area contributed by atoms with E-state index in [4.69, 9.17) is 4.74 Å². The van der Waals surface area contributed by atoms with Crippen molar-refractivity contribution in [1.82, 2.24) is 4.90 Å². The fourth-order valence-corrected chi connectivity index (χ4v) is 5.20. The number of morpholine rings is 1. The summed E-state index contributed by atoms with van der Waals surface area (Å²) in [5, 5.41) is 0. The highest BCUT2D eigenvalue weighted by Gasteiger charge is 2.34. The smallest absolute Gasteiger partial charge is 0.265 e. The number of hydrogen-bond acceptors (Lipinski definition) is 4. The second kappa shape index (κ2) is 6.94. The number of anilines is 1. The van der Waals surface area contributed by atoms with Gasteiger partial charge < -0.3 is 9.64 Å². The third-order valence-corrected chi connectivity index (χ3v) is 6.75. The van der Waals surface area contributed by atoms with E-state index in [0.717, 1.165) is 0 Å². The van der Waals surface area contributed by atoms with Gasteiger partial charge in [0.1, 0.15) is 10.7 Å². The zero-order valence-corrected chi connectivity index (χ0v) is 15.4. The van der Waals surface area contributed by atoms with Crippen LogP contribution in [0.15, 0.2) is 47.4 Å². The Bertz CT molecular complexity index is 987. The van der Waals surface area contributed by atoms with E-state index in [2.05, 4.69) is 0 Å². The minimum atomic E-state index is -3.95. The molecule has 1 amide bonds. The molecule has 0 saturated carbocycles. The molecule has 2 aliphatic heterocycles. The van der Waals surface area contributed by atoms with Crippen LogP contribution in [0.25, 0.3) is 0 Å². The van der Waals surface area contributed by atoms with Crippen molar-refractivity contribution in [2.75, 3.05) is 37.2 Å². The maximum atomic E-state index is 13.5. The van der Waals surface area contributed by atoms with Crippen molar-refractivity contribution in [3.05, 3.63) is 59.4 Å². The largest absolute Gasteiger partial charge is 0.378 e. The molecule has 0 atom stereocenters. The molecule has 2 aliphatic rings. The Balaban J connectivity index is 1.73. The monoisotopic (exact) mass is 390 g/mol. The van der Waals surface area contributed by atoms with E-state index in [1.165, 1.54) is 34.6 Å². The lowest BCUT2D eigenvalue weighted by Crippen LogP contribution is -2.41. The molecule has 142 valence electrons. The van der Waals surface area contributed by atoms with Gasteiger partial charge in [-0.3, -0.25) is 9.10 Å². The van der Waals surface area contributed by atoms with Crippen LogP contribution in [0.1, 0.15) is 15.9 Å². The first-order chi connectivity index (χ1) is 13.0. The molecule has 0 aromatic heterocycles. The number of ether oxygens (including phenoxy) is 1. The van der Waals surface area contributed by atoms with Gasteiger partial charge in [-0.15, -0.1) is 0 Å². The molecule has 0 radical (unpaired) electrons. The van der Waals surface area contributed by atoms with E-state index in [-0.39, 0.29) is 22.9 Å². The number of amides is 1. The van der Waals surface area contributed by atoms with Crippen LogP contribution < -0.4 is 4.31 Å². The highest BCUT2D eigenvalue weighted by Crippen LogP contribution is 2.34. The van der Waals surface area contributed by atoms with Gasteiger partial charge in [-0.25, -0.2) is 12.8 Å². The van der Waals surface area contributed by atoms with E-state index in [0.29, 0.717) is 44.0 Å². The topological polar surface area (TPSA) is 66.9 Å². The van der Waals surface area contributed by atoms with Gasteiger partial charge in [-0.1, -0.05) is 12.1 Å². The van der Waals surface area contributed by atoms with Crippen molar-refractivity contribution in [2.24, 2.45) is 0 Å². The zero-order valence-electron chi connectivity index (χ0n) is 14.6. The minimum Gasteiger partial charge on any atom is -0.378 e. The first-order valence-corrected chi connectivity index (χ1v) is 10.2. The van der Waals surface area contributed by atoms with E-state index in [1.54, 1.807) is 17.0 Å². The molecule has 0 spiro atoms. The molecule has 0 aliphatic carbocycles. The van der Waals surface area contributed by atoms with Gasteiger partial charge in [0.25, 0.3) is 15.9 Å². The van der Waals surface area contributed by atoms with Crippen LogP contribution in [0.5, 0.6) is 0 Å². The number of carbonyl (C=O) groups is 1. The van der Waals surface area contributed by atoms with Crippen molar-refractivity contribution in [3.63, 3.8) is 0 Å². The molecule has 8 heteroatoms. The Morgan fingerprint density at radius 2 is 1.78 bits per heavy atom. The summed E-state index contributed by atoms with van der Waals surface area (Å²) >= 11 is 0. The number of fused-ring (bicyclic) bond motifs is 1. The molecule has 4 rings (SSSR count). The molecule has 0 unspecified atom stereocenters. The number of benzene rings is 2. The third kappa shape index (κ3) is 3.19. The molecular formula is C19H19FN2O4S. The Kier molecular flexibility index (Phi) is 4.61. The molecule has 1 fully saturated rings. The predicted octanol–water partition coefficient (Wildman–Crippen LogP) is 2.05. The Morgan fingerprint density at radius 3 is 2.56 bits per heavy atom. The van der Waals surface area contributed by atoms with E-state index in [9.17, 15) is 17.6 Å². The van der Waals surface area contributed by atoms with Crippen molar-refractivity contribution >= 4 is 21.6 Å². The summed E-state index contributed by atoms with van der Waals surface area (Å²) in [5.41, 5.74) is 1.26. The van der Waals surface area contributed by atoms with E-state index >= 15 is 0 Å². The maximum absolute atomic E-state index is 13.5. The standard InChI is InChI=1S/C19H19FN2O4S/c20-15-5-6-17-14(13-15)7-8-22(17)27(24,25)18-4-2-1-3-16(18)19(23)21-9-11-26-12-10-21/h1-6,13H,7-12H2. The van der Waals surface area contributed by atoms with Crippen molar-refractivity contribution in [1.29, 1.82) is 0 Å². The number of carbonyl (C=O) groups excluding carboxylic acids is 1. The summed E-state index contributed by atoms with van der Waals surface area (Å²) in [6.07, 6.45) is 0.436. The molecule has 27 heavy (non-hydrogen) atoms. The highest BCUT2D eigenvalue weighted by atomic mass is 32.2. The van der Waals surface area contributed by atoms with Crippen LogP contribution >= 0.6 is 0 Å². The van der Waals surface area contributed by atoms with Crippen LogP contribution in [-0.4, -0.2) is 52.1 Å². The molecule has 0 bridgehead atoms. The second-order valence-corrected chi connectivity index (χ2v) is 8.33. The molecule has 0 N–H and O–H groups in total. The fraction of sp³-hybridized carbons (Fsp3) is 0.316. The van der Waals surface area contributed by atoms with Gasteiger partial charge >= 0.3 is 0 Å². The summed E-state index contributed by atoms with van der Waals surface area (Å²) in [7, 11) is -3.95. The lowest BCUT2D eigenvalue weighted by atomic mass is 10.2. The number of nitrogens with zero attached hydrogens (tertiary/aromatic N) is 2. The minimum absolute atomic E-state index is 0.0290. The van der Waals surface area contributed by atoms with Crippen LogP contribution in [0.4, 0.5) is 10.1 Å². The molecule has 1 saturated heterocycles. The van der Waals surface area contributed by atoms with Crippen molar-refractivity contribution in [2.45, 2.75) is 11.3 Å². The molecule has 2 aromatic carbocycles. The summed E-state index contributed by atoms with van der Waals surface area (Å²) in [4.78, 5) is 14.5. The van der Waals surface area contributed by atoms with Crippen LogP contribution in [0, 0.1) is 5.82 Å². The van der Waals surface area contributed by atoms with E-state index < -0.39 is 15.8 Å². The number of sulfonamides is 1. The maximum Gasteiger partial charge on any atom is 0.265 e. The van der Waals surface area contributed by atoms with Gasteiger partial charge in [0.05, 0.1) is 24.5 Å². The summed E-state index contributed by atoms with van der Waals surface area (Å²) in [5.74, 6) is -0.716. The molecule has 2 aromatic rings. The lowest BCUT2D eigenvalue weighted by Gasteiger charge is -2.28. The summed E-state index contributed by atoms with van der Waals surface area (Å²) < 4.78 is 46.6. The first-order valence-electron chi connectivity index (χ1n) is 8.76. The molecular weight excluding hydrogens is 371 g/mol. The van der Waals surface area contributed by atoms with Gasteiger partial charge in [-0.05, 0) is 42.3 Å². The SMILES string of the molecule is O=C(c1ccccc1S(=O)(=O)N1CCc2cc(F)ccc21)N1CCOCC1. The normalized spacial score (nSPS) is 17.1. The Morgan fingerprint density at radius 1 is 1.04 bits per heavy atom. The molecule has 2 heterocycles. The summed E-state index contributed by atoms with van der Waals surface area (Å²) in [6.45, 7) is 1.96. The Hall–Kier alpha value is -2.45. The number of halogens is 1. The van der Waals surface area contributed by atoms with Crippen LogP contribution in [-0.2, 0) is 21.2 Å². The highest BCUT2D eigenvalue weighted by molar-refractivity contribution is 7.93. The Labute approximate surface area is 157 Å². The van der Waals surface area contributed by atoms with Crippen molar-refractivity contribution < 1.29 is 22.3 Å². The van der Waals surface area contributed by atoms with E-state index in [1.807, 2.05) is 0 Å². The predicted molar refractivity (Wildman–Crippen MR) is 97.8 cm³/mol. The van der Waals surface area contributed by atoms with Crippen LogP contribution in [0.2, 0.25) is 0 Å². The number of hydrogen-bond donors (Lipinski definition) is 0. The molecule has 6 nitrogen and oxygen atoms in total. The van der Waals surface area contributed by atoms with Crippen molar-refractivity contribution in [3.8, 4) is 0 Å². The van der Waals surface area contributed by atoms with Gasteiger partial charge in [-0.2, -0.15) is 0 Å². The zero-order chi connectivity index (χ0) is 19.0. The van der Waals surface area contributed by atoms with Crippen LogP contribution in [0.3, 0.4) is 0 Å². The third-order valence-electron chi connectivity index (χ3n) is 4.88. The van der Waals surface area contributed by atoms with Gasteiger partial charge in [0.2, 0.25) is 0 Å². The van der Waals surface area contributed by atoms with Gasteiger partial charge in [0.15, 0.2) is 0 Å². The second-order valence-electron chi connectivity index (χ2n) is 6.50. The average Bonchev–Trinajstić information content (AvgIpc) is 3.12. The van der Waals surface area contributed by atoms with Gasteiger partial charge in [0, 0.05) is 19.6 Å². The summed E-state index contributed by atoms with van der Waals surface area (Å²) in [6, 6.07) is 10.3. The number of rotatable bonds is 3. The fourth-order valence-electron chi connectivity index (χ4n) is 3.51. The first kappa shape index (κ1) is 17.9. The lowest BCUT2D eigenvalue weighted by molar-refractivity contribution is 0.0300. The average molecular weight is 390 g/mol. The quantitative estimate of drug-likeness (QED) is 0.805.